The SMILES string of the molecule is CCCc1nnc(NC(=O)/C(C#N)=C\c2ccc(OCc3ccccc3)c(OCC)c2)s1. The number of carbonyl (C=O) groups excluding carboxylic acids is 1. The van der Waals surface area contributed by atoms with Gasteiger partial charge in [0.2, 0.25) is 5.13 Å². The highest BCUT2D eigenvalue weighted by molar-refractivity contribution is 7.15. The van der Waals surface area contributed by atoms with E-state index < -0.39 is 5.91 Å². The van der Waals surface area contributed by atoms with Gasteiger partial charge < -0.3 is 9.47 Å². The molecule has 1 heterocycles. The van der Waals surface area contributed by atoms with Crippen molar-refractivity contribution < 1.29 is 14.3 Å². The van der Waals surface area contributed by atoms with Gasteiger partial charge in [0, 0.05) is 6.42 Å². The summed E-state index contributed by atoms with van der Waals surface area (Å²) in [7, 11) is 0. The molecule has 0 saturated heterocycles. The first-order valence-electron chi connectivity index (χ1n) is 10.3. The molecule has 8 heteroatoms. The Morgan fingerprint density at radius 1 is 1.12 bits per heavy atom. The first-order chi connectivity index (χ1) is 15.6. The Hall–Kier alpha value is -3.70. The van der Waals surface area contributed by atoms with Crippen molar-refractivity contribution >= 4 is 28.5 Å². The van der Waals surface area contributed by atoms with E-state index >= 15 is 0 Å². The van der Waals surface area contributed by atoms with Crippen LogP contribution in [0.25, 0.3) is 6.08 Å². The van der Waals surface area contributed by atoms with Crippen LogP contribution in [0.1, 0.15) is 36.4 Å². The zero-order valence-corrected chi connectivity index (χ0v) is 18.8. The van der Waals surface area contributed by atoms with E-state index in [1.54, 1.807) is 18.2 Å². The minimum Gasteiger partial charge on any atom is -0.490 e. The molecular formula is C24H24N4O3S. The zero-order chi connectivity index (χ0) is 22.8. The van der Waals surface area contributed by atoms with Crippen LogP contribution < -0.4 is 14.8 Å². The molecule has 0 bridgehead atoms. The molecule has 0 radical (unpaired) electrons. The van der Waals surface area contributed by atoms with Crippen LogP contribution in [-0.4, -0.2) is 22.7 Å². The van der Waals surface area contributed by atoms with E-state index in [0.717, 1.165) is 23.4 Å². The van der Waals surface area contributed by atoms with Crippen molar-refractivity contribution in [3.05, 3.63) is 70.2 Å². The minimum atomic E-state index is -0.533. The second-order valence-corrected chi connectivity index (χ2v) is 7.85. The molecule has 1 aromatic heterocycles. The number of hydrogen-bond acceptors (Lipinski definition) is 7. The summed E-state index contributed by atoms with van der Waals surface area (Å²) in [5, 5.41) is 21.3. The number of hydrogen-bond donors (Lipinski definition) is 1. The van der Waals surface area contributed by atoms with E-state index in [9.17, 15) is 10.1 Å². The number of anilines is 1. The van der Waals surface area contributed by atoms with Crippen molar-refractivity contribution in [2.24, 2.45) is 0 Å². The number of amides is 1. The molecule has 0 saturated carbocycles. The topological polar surface area (TPSA) is 97.1 Å². The van der Waals surface area contributed by atoms with Crippen LogP contribution in [0, 0.1) is 11.3 Å². The molecule has 0 atom stereocenters. The number of nitrogens with zero attached hydrogens (tertiary/aromatic N) is 3. The van der Waals surface area contributed by atoms with E-state index in [4.69, 9.17) is 9.47 Å². The maximum Gasteiger partial charge on any atom is 0.268 e. The average molecular weight is 449 g/mol. The quantitative estimate of drug-likeness (QED) is 0.346. The van der Waals surface area contributed by atoms with Crippen LogP contribution in [0.15, 0.2) is 54.1 Å². The molecule has 3 aromatic rings. The van der Waals surface area contributed by atoms with Gasteiger partial charge in [0.1, 0.15) is 23.3 Å². The first-order valence-corrected chi connectivity index (χ1v) is 11.1. The van der Waals surface area contributed by atoms with Gasteiger partial charge in [0.05, 0.1) is 6.61 Å². The smallest absolute Gasteiger partial charge is 0.268 e. The molecule has 0 aliphatic carbocycles. The maximum absolute atomic E-state index is 12.5. The van der Waals surface area contributed by atoms with E-state index in [0.29, 0.717) is 35.4 Å². The molecule has 0 aliphatic rings. The maximum atomic E-state index is 12.5. The lowest BCUT2D eigenvalue weighted by molar-refractivity contribution is -0.112. The summed E-state index contributed by atoms with van der Waals surface area (Å²) in [5.74, 6) is 0.602. The predicted molar refractivity (Wildman–Crippen MR) is 125 cm³/mol. The van der Waals surface area contributed by atoms with E-state index in [1.807, 2.05) is 50.2 Å². The van der Waals surface area contributed by atoms with Gasteiger partial charge in [-0.1, -0.05) is 54.7 Å². The van der Waals surface area contributed by atoms with Gasteiger partial charge in [-0.15, -0.1) is 10.2 Å². The Bertz CT molecular complexity index is 1120. The summed E-state index contributed by atoms with van der Waals surface area (Å²) in [5.41, 5.74) is 1.65. The number of rotatable bonds is 10. The Balaban J connectivity index is 1.74. The highest BCUT2D eigenvalue weighted by Crippen LogP contribution is 2.30. The van der Waals surface area contributed by atoms with Crippen LogP contribution >= 0.6 is 11.3 Å². The number of carbonyl (C=O) groups is 1. The standard InChI is InChI=1S/C24H24N4O3S/c1-3-8-22-27-28-24(32-22)26-23(29)19(15-25)13-18-11-12-20(21(14-18)30-4-2)31-16-17-9-6-5-7-10-17/h5-7,9-14H,3-4,8,16H2,1-2H3,(H,26,28,29)/b19-13-. The third-order valence-corrected chi connectivity index (χ3v) is 5.23. The first kappa shape index (κ1) is 23.0. The lowest BCUT2D eigenvalue weighted by Gasteiger charge is -2.13. The van der Waals surface area contributed by atoms with Crippen molar-refractivity contribution in [1.82, 2.24) is 10.2 Å². The van der Waals surface area contributed by atoms with Crippen molar-refractivity contribution in [2.45, 2.75) is 33.3 Å². The molecular weight excluding hydrogens is 424 g/mol. The fraction of sp³-hybridized carbons (Fsp3) is 0.250. The second-order valence-electron chi connectivity index (χ2n) is 6.79. The monoisotopic (exact) mass is 448 g/mol. The van der Waals surface area contributed by atoms with Gasteiger partial charge in [-0.05, 0) is 42.7 Å². The van der Waals surface area contributed by atoms with Gasteiger partial charge >= 0.3 is 0 Å². The summed E-state index contributed by atoms with van der Waals surface area (Å²) in [4.78, 5) is 12.5. The number of aromatic nitrogens is 2. The number of benzene rings is 2. The molecule has 0 spiro atoms. The van der Waals surface area contributed by atoms with Gasteiger partial charge in [-0.2, -0.15) is 5.26 Å². The third kappa shape index (κ3) is 6.40. The predicted octanol–water partition coefficient (Wildman–Crippen LogP) is 5.01. The molecule has 7 nitrogen and oxygen atoms in total. The Kier molecular flexibility index (Phi) is 8.35. The molecule has 0 fully saturated rings. The number of ether oxygens (including phenoxy) is 2. The molecule has 1 amide bonds. The van der Waals surface area contributed by atoms with Crippen molar-refractivity contribution in [3.8, 4) is 17.6 Å². The normalized spacial score (nSPS) is 11.0. The third-order valence-electron chi connectivity index (χ3n) is 4.33. The number of nitrogens with one attached hydrogen (secondary N) is 1. The summed E-state index contributed by atoms with van der Waals surface area (Å²) < 4.78 is 11.6. The molecule has 164 valence electrons. The van der Waals surface area contributed by atoms with Crippen LogP contribution in [0.3, 0.4) is 0 Å². The highest BCUT2D eigenvalue weighted by Gasteiger charge is 2.14. The summed E-state index contributed by atoms with van der Waals surface area (Å²) in [6.45, 7) is 4.79. The Morgan fingerprint density at radius 2 is 1.94 bits per heavy atom. The van der Waals surface area contributed by atoms with Gasteiger partial charge in [0.25, 0.3) is 5.91 Å². The number of aryl methyl sites for hydroxylation is 1. The summed E-state index contributed by atoms with van der Waals surface area (Å²) >= 11 is 1.31. The summed E-state index contributed by atoms with van der Waals surface area (Å²) in [6.07, 6.45) is 3.25. The van der Waals surface area contributed by atoms with Gasteiger partial charge in [-0.3, -0.25) is 10.1 Å². The van der Waals surface area contributed by atoms with E-state index in [-0.39, 0.29) is 5.57 Å². The average Bonchev–Trinajstić information content (AvgIpc) is 3.24. The van der Waals surface area contributed by atoms with Crippen molar-refractivity contribution in [3.63, 3.8) is 0 Å². The van der Waals surface area contributed by atoms with E-state index in [1.165, 1.54) is 17.4 Å². The fourth-order valence-corrected chi connectivity index (χ4v) is 3.67. The van der Waals surface area contributed by atoms with Crippen LogP contribution in [0.5, 0.6) is 11.5 Å². The molecule has 1 N–H and O–H groups in total. The number of nitriles is 1. The molecule has 0 aliphatic heterocycles. The van der Waals surface area contributed by atoms with E-state index in [2.05, 4.69) is 15.5 Å². The van der Waals surface area contributed by atoms with Gasteiger partial charge in [0.15, 0.2) is 11.5 Å². The zero-order valence-electron chi connectivity index (χ0n) is 18.0. The minimum absolute atomic E-state index is 0.0438. The molecule has 32 heavy (non-hydrogen) atoms. The fourth-order valence-electron chi connectivity index (χ4n) is 2.84. The van der Waals surface area contributed by atoms with Gasteiger partial charge in [-0.25, -0.2) is 0 Å². The summed E-state index contributed by atoms with van der Waals surface area (Å²) in [6, 6.07) is 17.1. The Labute approximate surface area is 191 Å². The van der Waals surface area contributed by atoms with Crippen molar-refractivity contribution in [2.75, 3.05) is 11.9 Å². The van der Waals surface area contributed by atoms with Crippen molar-refractivity contribution in [1.29, 1.82) is 5.26 Å². The van der Waals surface area contributed by atoms with Crippen LogP contribution in [-0.2, 0) is 17.8 Å². The molecule has 3 rings (SSSR count). The lowest BCUT2D eigenvalue weighted by Crippen LogP contribution is -2.13. The Morgan fingerprint density at radius 3 is 2.66 bits per heavy atom. The lowest BCUT2D eigenvalue weighted by atomic mass is 10.1. The molecule has 2 aromatic carbocycles. The second kappa shape index (κ2) is 11.6. The van der Waals surface area contributed by atoms with Crippen LogP contribution in [0.2, 0.25) is 0 Å². The molecule has 0 unspecified atom stereocenters. The highest BCUT2D eigenvalue weighted by atomic mass is 32.1. The largest absolute Gasteiger partial charge is 0.490 e. The van der Waals surface area contributed by atoms with Crippen LogP contribution in [0.4, 0.5) is 5.13 Å².